The Morgan fingerprint density at radius 1 is 1.14 bits per heavy atom. The molecule has 2 aromatic carbocycles. The number of carbonyl (C=O) groups is 2. The van der Waals surface area contributed by atoms with Gasteiger partial charge in [-0.1, -0.05) is 52.3 Å². The number of hydrogen-bond donors (Lipinski definition) is 3. The lowest BCUT2D eigenvalue weighted by Crippen LogP contribution is -2.39. The second-order valence-corrected chi connectivity index (χ2v) is 12.7. The molecule has 1 aliphatic heterocycles. The Labute approximate surface area is 257 Å². The number of rotatable bonds is 11. The van der Waals surface area contributed by atoms with E-state index in [1.165, 1.54) is 16.2 Å². The summed E-state index contributed by atoms with van der Waals surface area (Å²) < 4.78 is 6.31. The fraction of sp³-hybridized carbons (Fsp3) is 0.333. The Morgan fingerprint density at radius 3 is 2.62 bits per heavy atom. The minimum absolute atomic E-state index is 0.146. The van der Waals surface area contributed by atoms with Gasteiger partial charge in [-0.3, -0.25) is 14.5 Å². The van der Waals surface area contributed by atoms with Gasteiger partial charge in [0.15, 0.2) is 0 Å². The second kappa shape index (κ2) is 13.5. The van der Waals surface area contributed by atoms with Gasteiger partial charge in [0.1, 0.15) is 5.75 Å². The van der Waals surface area contributed by atoms with Crippen molar-refractivity contribution in [3.05, 3.63) is 97.7 Å². The number of phenolic OH excluding ortho intramolecular Hbond substituents is 1. The highest BCUT2D eigenvalue weighted by Crippen LogP contribution is 2.47. The van der Waals surface area contributed by atoms with Crippen LogP contribution in [0.5, 0.6) is 5.75 Å². The van der Waals surface area contributed by atoms with Gasteiger partial charge in [-0.05, 0) is 77.3 Å². The number of ether oxygens (including phenoxy) is 1. The van der Waals surface area contributed by atoms with E-state index in [1.807, 2.05) is 60.0 Å². The first-order valence-electron chi connectivity index (χ1n) is 13.9. The first-order valence-corrected chi connectivity index (χ1v) is 15.6. The van der Waals surface area contributed by atoms with Crippen LogP contribution in [-0.4, -0.2) is 58.5 Å². The number of fused-ring (bicyclic) bond motifs is 1. The zero-order chi connectivity index (χ0) is 29.8. The minimum Gasteiger partial charge on any atom is -0.507 e. The molecule has 9 heteroatoms. The number of amides is 2. The number of aliphatic hydroxyl groups excluding tert-OH is 2. The summed E-state index contributed by atoms with van der Waals surface area (Å²) in [5.74, 6) is -2.39. The highest BCUT2D eigenvalue weighted by atomic mass is 79.9. The number of aliphatic hydroxyl groups is 2. The van der Waals surface area contributed by atoms with Gasteiger partial charge in [0.25, 0.3) is 0 Å². The number of aromatic hydroxyl groups is 1. The molecule has 3 aromatic rings. The van der Waals surface area contributed by atoms with Crippen molar-refractivity contribution in [2.24, 2.45) is 17.8 Å². The summed E-state index contributed by atoms with van der Waals surface area (Å²) in [6.45, 7) is 0.0530. The summed E-state index contributed by atoms with van der Waals surface area (Å²) >= 11 is 4.96. The highest BCUT2D eigenvalue weighted by molar-refractivity contribution is 9.10. The molecule has 220 valence electrons. The zero-order valence-electron chi connectivity index (χ0n) is 23.3. The van der Waals surface area contributed by atoms with Crippen molar-refractivity contribution in [1.82, 2.24) is 4.90 Å². The van der Waals surface area contributed by atoms with E-state index in [0.29, 0.717) is 30.4 Å². The first kappa shape index (κ1) is 30.4. The van der Waals surface area contributed by atoms with E-state index in [1.54, 1.807) is 19.2 Å². The fourth-order valence-corrected chi connectivity index (χ4v) is 7.35. The molecule has 2 amide bonds. The van der Waals surface area contributed by atoms with Gasteiger partial charge in [0.2, 0.25) is 11.8 Å². The number of carbonyl (C=O) groups excluding carboxylic acids is 2. The van der Waals surface area contributed by atoms with E-state index in [2.05, 4.69) is 15.9 Å². The van der Waals surface area contributed by atoms with Crippen molar-refractivity contribution < 1.29 is 29.6 Å². The largest absolute Gasteiger partial charge is 0.507 e. The van der Waals surface area contributed by atoms with Crippen molar-refractivity contribution >= 4 is 50.7 Å². The van der Waals surface area contributed by atoms with E-state index in [0.717, 1.165) is 26.1 Å². The Hall–Kier alpha value is -3.08. The number of benzene rings is 2. The molecular weight excluding hydrogens is 618 g/mol. The van der Waals surface area contributed by atoms with Crippen molar-refractivity contribution in [2.45, 2.75) is 31.9 Å². The molecule has 0 unspecified atom stereocenters. The maximum atomic E-state index is 13.6. The lowest BCUT2D eigenvalue weighted by Gasteiger charge is -2.36. The number of halogens is 1. The predicted octanol–water partition coefficient (Wildman–Crippen LogP) is 5.65. The second-order valence-electron chi connectivity index (χ2n) is 10.8. The van der Waals surface area contributed by atoms with E-state index in [4.69, 9.17) is 4.74 Å². The van der Waals surface area contributed by atoms with Gasteiger partial charge in [0, 0.05) is 27.9 Å². The standard InChI is InChI=1S/C33H34BrNO6S/c1-41-19-23-16-26-31(33(40)35(32(26)39)17-25-8-5-13-42-25)27(18-36)30(23)29(38)11-9-21(20-6-3-2-4-7-20)14-22-15-24(34)10-12-28(22)37/h2-8,10,12-15,26-27,29,31,36-38H,9,11,16-19H2,1H3/b21-14-/t26-,27+,29-,31-/m1/s1. The average molecular weight is 653 g/mol. The SMILES string of the molecule is COCC1=C([C@H](O)CC/C(=C/c2cc(Br)ccc2O)c2ccccc2)[C@H](CO)[C@@H]2C(=O)N(Cc3cccs3)C(=O)[C@@H]2C1. The van der Waals surface area contributed by atoms with E-state index < -0.39 is 23.9 Å². The number of phenols is 1. The van der Waals surface area contributed by atoms with Crippen LogP contribution >= 0.6 is 27.3 Å². The van der Waals surface area contributed by atoms with Crippen LogP contribution in [0.4, 0.5) is 0 Å². The van der Waals surface area contributed by atoms with Crippen molar-refractivity contribution in [3.8, 4) is 5.75 Å². The molecular formula is C33H34BrNO6S. The van der Waals surface area contributed by atoms with Gasteiger partial charge in [-0.15, -0.1) is 11.3 Å². The summed E-state index contributed by atoms with van der Waals surface area (Å²) in [6.07, 6.45) is 2.03. The molecule has 1 saturated heterocycles. The maximum Gasteiger partial charge on any atom is 0.234 e. The number of allylic oxidation sites excluding steroid dienone is 1. The molecule has 4 atom stereocenters. The smallest absolute Gasteiger partial charge is 0.234 e. The predicted molar refractivity (Wildman–Crippen MR) is 166 cm³/mol. The van der Waals surface area contributed by atoms with Crippen molar-refractivity contribution in [2.75, 3.05) is 20.3 Å². The fourth-order valence-electron chi connectivity index (χ4n) is 6.27. The molecule has 0 bridgehead atoms. The van der Waals surface area contributed by atoms with Crippen LogP contribution in [0, 0.1) is 17.8 Å². The molecule has 1 aromatic heterocycles. The van der Waals surface area contributed by atoms with Crippen LogP contribution in [0.15, 0.2) is 81.7 Å². The summed E-state index contributed by atoms with van der Waals surface area (Å²) in [4.78, 5) is 29.3. The lowest BCUT2D eigenvalue weighted by atomic mass is 9.68. The van der Waals surface area contributed by atoms with Gasteiger partial charge in [-0.2, -0.15) is 0 Å². The summed E-state index contributed by atoms with van der Waals surface area (Å²) in [5, 5.41) is 34.6. The molecule has 1 fully saturated rings. The lowest BCUT2D eigenvalue weighted by molar-refractivity contribution is -0.140. The van der Waals surface area contributed by atoms with Crippen LogP contribution in [0.3, 0.4) is 0 Å². The quantitative estimate of drug-likeness (QED) is 0.140. The zero-order valence-corrected chi connectivity index (χ0v) is 25.7. The van der Waals surface area contributed by atoms with E-state index in [-0.39, 0.29) is 37.3 Å². The van der Waals surface area contributed by atoms with Crippen molar-refractivity contribution in [3.63, 3.8) is 0 Å². The van der Waals surface area contributed by atoms with Gasteiger partial charge in [-0.25, -0.2) is 0 Å². The Kier molecular flexibility index (Phi) is 9.75. The summed E-state index contributed by atoms with van der Waals surface area (Å²) in [6, 6.07) is 18.8. The van der Waals surface area contributed by atoms with Crippen LogP contribution in [0.2, 0.25) is 0 Å². The van der Waals surface area contributed by atoms with Crippen LogP contribution < -0.4 is 0 Å². The summed E-state index contributed by atoms with van der Waals surface area (Å²) in [5.41, 5.74) is 3.88. The third-order valence-corrected chi connectivity index (χ3v) is 9.55. The molecule has 2 heterocycles. The van der Waals surface area contributed by atoms with Gasteiger partial charge >= 0.3 is 0 Å². The molecule has 7 nitrogen and oxygen atoms in total. The molecule has 0 saturated carbocycles. The number of hydrogen-bond acceptors (Lipinski definition) is 7. The third-order valence-electron chi connectivity index (χ3n) is 8.19. The van der Waals surface area contributed by atoms with Crippen LogP contribution in [0.1, 0.15) is 35.3 Å². The maximum absolute atomic E-state index is 13.6. The molecule has 0 radical (unpaired) electrons. The van der Waals surface area contributed by atoms with Gasteiger partial charge < -0.3 is 20.1 Å². The van der Waals surface area contributed by atoms with Crippen LogP contribution in [0.25, 0.3) is 11.6 Å². The number of thiophene rings is 1. The Balaban J connectivity index is 1.43. The van der Waals surface area contributed by atoms with Crippen molar-refractivity contribution in [1.29, 1.82) is 0 Å². The molecule has 1 aliphatic carbocycles. The molecule has 2 aliphatic rings. The van der Waals surface area contributed by atoms with E-state index in [9.17, 15) is 24.9 Å². The third kappa shape index (κ3) is 6.31. The first-order chi connectivity index (χ1) is 20.3. The molecule has 5 rings (SSSR count). The molecule has 3 N–H and O–H groups in total. The van der Waals surface area contributed by atoms with Gasteiger partial charge in [0.05, 0.1) is 37.7 Å². The number of likely N-dealkylation sites (tertiary alicyclic amines) is 1. The monoisotopic (exact) mass is 651 g/mol. The number of imide groups is 1. The Bertz CT molecular complexity index is 1490. The van der Waals surface area contributed by atoms with Crippen LogP contribution in [-0.2, 0) is 20.9 Å². The molecule has 0 spiro atoms. The van der Waals surface area contributed by atoms with E-state index >= 15 is 0 Å². The number of methoxy groups -OCH3 is 1. The normalized spacial score (nSPS) is 21.7. The Morgan fingerprint density at radius 2 is 1.93 bits per heavy atom. The average Bonchev–Trinajstić information content (AvgIpc) is 3.59. The topological polar surface area (TPSA) is 107 Å². The summed E-state index contributed by atoms with van der Waals surface area (Å²) in [7, 11) is 1.56. The minimum atomic E-state index is -0.967. The highest BCUT2D eigenvalue weighted by Gasteiger charge is 2.54. The molecule has 42 heavy (non-hydrogen) atoms. The number of nitrogens with zero attached hydrogens (tertiary/aromatic N) is 1.